The Bertz CT molecular complexity index is 1830. The fourth-order valence-corrected chi connectivity index (χ4v) is 5.94. The Labute approximate surface area is 288 Å². The molecule has 5 aromatic rings. The maximum Gasteiger partial charge on any atom is 0.350 e. The molecule has 0 aliphatic carbocycles. The molecule has 1 fully saturated rings. The standard InChI is InChI=1S/C34H38Cl2N8O4/c1-3-24(2)44-33(45)42(23-41-44)28-10-6-26(7-11-28)37-15-4-16-38-27-8-12-29(13-9-27)46-20-30-21-47-34(48-30,22-43-39-17-18-40-43)31-14-5-25(35)19-32(31)36/h5-14,17-19,23-24,30,37-38H,3-4,15-16,20-22H2,1-2H3/t24?,30-,34-/m1/s1. The quantitative estimate of drug-likeness (QED) is 0.124. The lowest BCUT2D eigenvalue weighted by atomic mass is 10.1. The highest BCUT2D eigenvalue weighted by atomic mass is 35.5. The first-order valence-corrected chi connectivity index (χ1v) is 16.7. The number of nitrogens with zero attached hydrogens (tertiary/aromatic N) is 6. The summed E-state index contributed by atoms with van der Waals surface area (Å²) in [7, 11) is 0. The lowest BCUT2D eigenvalue weighted by Crippen LogP contribution is -2.35. The predicted molar refractivity (Wildman–Crippen MR) is 185 cm³/mol. The van der Waals surface area contributed by atoms with E-state index in [1.807, 2.05) is 62.4 Å². The highest BCUT2D eigenvalue weighted by molar-refractivity contribution is 6.35. The minimum Gasteiger partial charge on any atom is -0.491 e. The van der Waals surface area contributed by atoms with Gasteiger partial charge in [0.15, 0.2) is 0 Å². The van der Waals surface area contributed by atoms with E-state index in [1.165, 1.54) is 9.48 Å². The van der Waals surface area contributed by atoms with Gasteiger partial charge in [-0.25, -0.2) is 14.0 Å². The largest absolute Gasteiger partial charge is 0.491 e. The number of benzene rings is 3. The predicted octanol–water partition coefficient (Wildman–Crippen LogP) is 6.16. The average molecular weight is 694 g/mol. The molecule has 0 bridgehead atoms. The topological polar surface area (TPSA) is 122 Å². The van der Waals surface area contributed by atoms with Crippen LogP contribution in [0.3, 0.4) is 0 Å². The SMILES string of the molecule is CCC(C)n1ncn(-c2ccc(NCCCNc3ccc(OC[C@@H]4CO[C@@](Cn5nccn5)(c5ccc(Cl)cc5Cl)O4)cc3)cc2)c1=O. The molecule has 0 radical (unpaired) electrons. The van der Waals surface area contributed by atoms with E-state index in [4.69, 9.17) is 37.4 Å². The van der Waals surface area contributed by atoms with Crippen molar-refractivity contribution in [3.8, 4) is 11.4 Å². The number of aromatic nitrogens is 6. The molecule has 0 saturated carbocycles. The second kappa shape index (κ2) is 15.2. The van der Waals surface area contributed by atoms with Crippen LogP contribution in [-0.4, -0.2) is 61.7 Å². The maximum absolute atomic E-state index is 12.7. The Morgan fingerprint density at radius 2 is 1.67 bits per heavy atom. The fourth-order valence-electron chi connectivity index (χ4n) is 5.39. The Hall–Kier alpha value is -4.36. The monoisotopic (exact) mass is 692 g/mol. The minimum absolute atomic E-state index is 0.0635. The van der Waals surface area contributed by atoms with E-state index in [2.05, 4.69) is 25.9 Å². The molecule has 0 spiro atoms. The second-order valence-corrected chi connectivity index (χ2v) is 12.4. The van der Waals surface area contributed by atoms with Crippen LogP contribution in [0.5, 0.6) is 5.75 Å². The summed E-state index contributed by atoms with van der Waals surface area (Å²) < 4.78 is 21.8. The smallest absolute Gasteiger partial charge is 0.350 e. The molecule has 3 aromatic carbocycles. The number of anilines is 2. The van der Waals surface area contributed by atoms with Gasteiger partial charge >= 0.3 is 5.69 Å². The second-order valence-electron chi connectivity index (χ2n) is 11.6. The van der Waals surface area contributed by atoms with Gasteiger partial charge < -0.3 is 24.8 Å². The first-order chi connectivity index (χ1) is 23.3. The van der Waals surface area contributed by atoms with Gasteiger partial charge in [0.1, 0.15) is 31.3 Å². The Kier molecular flexibility index (Phi) is 10.7. The van der Waals surface area contributed by atoms with Crippen LogP contribution < -0.4 is 21.1 Å². The number of nitrogens with one attached hydrogen (secondary N) is 2. The molecular formula is C34H38Cl2N8O4. The summed E-state index contributed by atoms with van der Waals surface area (Å²) >= 11 is 12.7. The summed E-state index contributed by atoms with van der Waals surface area (Å²) in [4.78, 5) is 14.2. The van der Waals surface area contributed by atoms with E-state index in [-0.39, 0.29) is 31.0 Å². The number of rotatable bonds is 15. The van der Waals surface area contributed by atoms with Crippen LogP contribution in [0.15, 0.2) is 90.2 Å². The molecule has 2 aromatic heterocycles. The fraction of sp³-hybridized carbons (Fsp3) is 0.353. The van der Waals surface area contributed by atoms with Crippen LogP contribution in [0.4, 0.5) is 11.4 Å². The number of hydrogen-bond donors (Lipinski definition) is 2. The molecule has 3 atom stereocenters. The van der Waals surface area contributed by atoms with Crippen molar-refractivity contribution in [1.29, 1.82) is 0 Å². The molecule has 1 aliphatic rings. The molecule has 3 heterocycles. The molecule has 12 nitrogen and oxygen atoms in total. The van der Waals surface area contributed by atoms with Crippen LogP contribution in [-0.2, 0) is 21.8 Å². The zero-order valence-corrected chi connectivity index (χ0v) is 28.3. The van der Waals surface area contributed by atoms with Crippen LogP contribution in [0.1, 0.15) is 38.3 Å². The Morgan fingerprint density at radius 3 is 2.33 bits per heavy atom. The zero-order chi connectivity index (χ0) is 33.5. The van der Waals surface area contributed by atoms with Crippen molar-refractivity contribution in [2.24, 2.45) is 0 Å². The summed E-state index contributed by atoms with van der Waals surface area (Å²) in [5, 5.41) is 20.5. The molecule has 2 N–H and O–H groups in total. The minimum atomic E-state index is -1.18. The maximum atomic E-state index is 12.7. The van der Waals surface area contributed by atoms with Gasteiger partial charge in [0.25, 0.3) is 0 Å². The third-order valence-corrected chi connectivity index (χ3v) is 8.71. The number of halogens is 2. The van der Waals surface area contributed by atoms with Gasteiger partial charge in [-0.1, -0.05) is 36.2 Å². The molecule has 1 saturated heterocycles. The molecule has 14 heteroatoms. The van der Waals surface area contributed by atoms with Crippen LogP contribution in [0, 0.1) is 0 Å². The summed E-state index contributed by atoms with van der Waals surface area (Å²) in [5.41, 5.74) is 3.30. The average Bonchev–Trinajstić information content (AvgIpc) is 3.85. The van der Waals surface area contributed by atoms with Crippen molar-refractivity contribution in [2.75, 3.05) is 36.9 Å². The summed E-state index contributed by atoms with van der Waals surface area (Å²) in [6, 6.07) is 20.9. The van der Waals surface area contributed by atoms with Gasteiger partial charge in [-0.05, 0) is 80.4 Å². The van der Waals surface area contributed by atoms with E-state index >= 15 is 0 Å². The van der Waals surface area contributed by atoms with E-state index in [0.29, 0.717) is 22.2 Å². The van der Waals surface area contributed by atoms with Crippen molar-refractivity contribution in [2.45, 2.75) is 51.2 Å². The number of ether oxygens (including phenoxy) is 3. The van der Waals surface area contributed by atoms with Gasteiger partial charge in [0.2, 0.25) is 5.79 Å². The molecule has 48 heavy (non-hydrogen) atoms. The molecule has 1 unspecified atom stereocenters. The van der Waals surface area contributed by atoms with Crippen molar-refractivity contribution in [3.05, 3.63) is 112 Å². The van der Waals surface area contributed by atoms with Crippen LogP contribution in [0.2, 0.25) is 10.0 Å². The van der Waals surface area contributed by atoms with Gasteiger partial charge in [-0.2, -0.15) is 20.1 Å². The van der Waals surface area contributed by atoms with E-state index in [1.54, 1.807) is 41.5 Å². The highest BCUT2D eigenvalue weighted by Crippen LogP contribution is 2.40. The Morgan fingerprint density at radius 1 is 0.979 bits per heavy atom. The first kappa shape index (κ1) is 33.5. The zero-order valence-electron chi connectivity index (χ0n) is 26.8. The van der Waals surface area contributed by atoms with E-state index < -0.39 is 5.79 Å². The lowest BCUT2D eigenvalue weighted by molar-refractivity contribution is -0.192. The number of hydrogen-bond acceptors (Lipinski definition) is 9. The van der Waals surface area contributed by atoms with Gasteiger partial charge in [0.05, 0.1) is 35.8 Å². The van der Waals surface area contributed by atoms with Crippen molar-refractivity contribution >= 4 is 34.6 Å². The third kappa shape index (κ3) is 7.84. The molecule has 0 amide bonds. The normalized spacial score (nSPS) is 18.1. The molecule has 1 aliphatic heterocycles. The molecule has 6 rings (SSSR count). The van der Waals surface area contributed by atoms with Crippen molar-refractivity contribution < 1.29 is 14.2 Å². The third-order valence-electron chi connectivity index (χ3n) is 8.17. The summed E-state index contributed by atoms with van der Waals surface area (Å²) in [6.07, 6.45) is 6.18. The van der Waals surface area contributed by atoms with Gasteiger partial charge in [-0.15, -0.1) is 0 Å². The van der Waals surface area contributed by atoms with Gasteiger partial charge in [-0.3, -0.25) is 0 Å². The lowest BCUT2D eigenvalue weighted by Gasteiger charge is -2.29. The van der Waals surface area contributed by atoms with Crippen molar-refractivity contribution in [1.82, 2.24) is 29.3 Å². The van der Waals surface area contributed by atoms with Gasteiger partial charge in [0, 0.05) is 35.1 Å². The van der Waals surface area contributed by atoms with Crippen LogP contribution in [0.25, 0.3) is 5.69 Å². The van der Waals surface area contributed by atoms with Crippen molar-refractivity contribution in [3.63, 3.8) is 0 Å². The summed E-state index contributed by atoms with van der Waals surface area (Å²) in [5.74, 6) is -0.459. The highest BCUT2D eigenvalue weighted by Gasteiger charge is 2.46. The van der Waals surface area contributed by atoms with E-state index in [9.17, 15) is 4.79 Å². The Balaban J connectivity index is 0.939. The first-order valence-electron chi connectivity index (χ1n) is 15.9. The summed E-state index contributed by atoms with van der Waals surface area (Å²) in [6.45, 7) is 6.43. The van der Waals surface area contributed by atoms with Crippen LogP contribution >= 0.6 is 23.2 Å². The molecular weight excluding hydrogens is 655 g/mol. The molecule has 252 valence electrons. The van der Waals surface area contributed by atoms with E-state index in [0.717, 1.165) is 48.7 Å².